The molecule has 0 N–H and O–H groups in total. The summed E-state index contributed by atoms with van der Waals surface area (Å²) in [7, 11) is 4.22. The Balaban J connectivity index is 1.94. The first kappa shape index (κ1) is 14.5. The molecule has 5 nitrogen and oxygen atoms in total. The highest BCUT2D eigenvalue weighted by atomic mass is 35.5. The van der Waals surface area contributed by atoms with Crippen LogP contribution in [0.5, 0.6) is 0 Å². The summed E-state index contributed by atoms with van der Waals surface area (Å²) < 4.78 is 1.69. The summed E-state index contributed by atoms with van der Waals surface area (Å²) in [6, 6.07) is 5.65. The average Bonchev–Trinajstić information content (AvgIpc) is 2.46. The van der Waals surface area contributed by atoms with E-state index in [-0.39, 0.29) is 5.56 Å². The third-order valence-corrected chi connectivity index (χ3v) is 4.50. The maximum Gasteiger partial charge on any atom is 0.261 e. The average molecular weight is 307 g/mol. The predicted octanol–water partition coefficient (Wildman–Crippen LogP) is 1.30. The molecule has 3 rings (SSSR count). The number of piperazine rings is 1. The summed E-state index contributed by atoms with van der Waals surface area (Å²) in [5.41, 5.74) is 0.554. The molecule has 6 heteroatoms. The van der Waals surface area contributed by atoms with Crippen molar-refractivity contribution >= 4 is 22.5 Å². The Labute approximate surface area is 128 Å². The molecule has 1 aliphatic rings. The highest BCUT2D eigenvalue weighted by Crippen LogP contribution is 2.18. The molecule has 0 bridgehead atoms. The van der Waals surface area contributed by atoms with Crippen LogP contribution < -0.4 is 5.56 Å². The fraction of sp³-hybridized carbons (Fsp3) is 0.467. The normalized spacial score (nSPS) is 21.0. The molecule has 1 saturated heterocycles. The first-order valence-electron chi connectivity index (χ1n) is 7.08. The zero-order valence-corrected chi connectivity index (χ0v) is 13.0. The van der Waals surface area contributed by atoms with Gasteiger partial charge in [-0.05, 0) is 26.2 Å². The zero-order chi connectivity index (χ0) is 15.0. The Kier molecular flexibility index (Phi) is 3.97. The summed E-state index contributed by atoms with van der Waals surface area (Å²) >= 11 is 6.09. The standard InChI is InChI=1S/C15H19ClN4O/c1-18-6-7-19(2)11(8-18)9-20-10-17-14-12(15(20)21)4-3-5-13(14)16/h3-5,10-11H,6-9H2,1-2H3/t11-/m0/s1. The number of nitrogens with zero attached hydrogens (tertiary/aromatic N) is 4. The van der Waals surface area contributed by atoms with Crippen LogP contribution in [0.2, 0.25) is 5.02 Å². The summed E-state index contributed by atoms with van der Waals surface area (Å²) in [5, 5.41) is 1.10. The second-order valence-corrected chi connectivity index (χ2v) is 6.14. The predicted molar refractivity (Wildman–Crippen MR) is 84.9 cm³/mol. The van der Waals surface area contributed by atoms with E-state index in [1.54, 1.807) is 29.1 Å². The minimum Gasteiger partial charge on any atom is -0.303 e. The SMILES string of the molecule is CN1CCN(C)[C@H](Cn2cnc3c(Cl)cccc3c2=O)C1. The molecule has 1 aromatic carbocycles. The van der Waals surface area contributed by atoms with Crippen molar-refractivity contribution in [2.45, 2.75) is 12.6 Å². The van der Waals surface area contributed by atoms with Gasteiger partial charge in [0.05, 0.1) is 22.3 Å². The van der Waals surface area contributed by atoms with E-state index < -0.39 is 0 Å². The van der Waals surface area contributed by atoms with E-state index >= 15 is 0 Å². The monoisotopic (exact) mass is 306 g/mol. The highest BCUT2D eigenvalue weighted by molar-refractivity contribution is 6.34. The summed E-state index contributed by atoms with van der Waals surface area (Å²) in [6.07, 6.45) is 1.61. The molecule has 0 unspecified atom stereocenters. The van der Waals surface area contributed by atoms with Crippen LogP contribution in [0.3, 0.4) is 0 Å². The molecule has 1 atom stereocenters. The van der Waals surface area contributed by atoms with Gasteiger partial charge in [-0.25, -0.2) is 4.98 Å². The number of benzene rings is 1. The second-order valence-electron chi connectivity index (χ2n) is 5.73. The van der Waals surface area contributed by atoms with Gasteiger partial charge in [-0.15, -0.1) is 0 Å². The zero-order valence-electron chi connectivity index (χ0n) is 12.3. The van der Waals surface area contributed by atoms with Gasteiger partial charge in [0.2, 0.25) is 0 Å². The van der Waals surface area contributed by atoms with Gasteiger partial charge in [-0.1, -0.05) is 17.7 Å². The van der Waals surface area contributed by atoms with E-state index in [0.717, 1.165) is 19.6 Å². The number of hydrogen-bond acceptors (Lipinski definition) is 4. The first-order valence-corrected chi connectivity index (χ1v) is 7.46. The van der Waals surface area contributed by atoms with Gasteiger partial charge < -0.3 is 4.90 Å². The van der Waals surface area contributed by atoms with Gasteiger partial charge in [0.25, 0.3) is 5.56 Å². The molecule has 112 valence electrons. The number of fused-ring (bicyclic) bond motifs is 1. The van der Waals surface area contributed by atoms with Crippen LogP contribution in [-0.2, 0) is 6.54 Å². The Hall–Kier alpha value is -1.43. The summed E-state index contributed by atoms with van der Waals surface area (Å²) in [6.45, 7) is 3.68. The van der Waals surface area contributed by atoms with Crippen LogP contribution in [0.15, 0.2) is 29.3 Å². The molecule has 0 saturated carbocycles. The Morgan fingerprint density at radius 3 is 2.95 bits per heavy atom. The van der Waals surface area contributed by atoms with Crippen molar-refractivity contribution in [2.75, 3.05) is 33.7 Å². The highest BCUT2D eigenvalue weighted by Gasteiger charge is 2.23. The van der Waals surface area contributed by atoms with Gasteiger partial charge in [0.15, 0.2) is 0 Å². The van der Waals surface area contributed by atoms with Gasteiger partial charge >= 0.3 is 0 Å². The minimum absolute atomic E-state index is 0.0240. The minimum atomic E-state index is -0.0240. The van der Waals surface area contributed by atoms with Crippen LogP contribution in [0.4, 0.5) is 0 Å². The van der Waals surface area contributed by atoms with E-state index in [1.807, 2.05) is 0 Å². The molecule has 0 aliphatic carbocycles. The molecule has 0 spiro atoms. The lowest BCUT2D eigenvalue weighted by Gasteiger charge is -2.37. The fourth-order valence-corrected chi connectivity index (χ4v) is 3.03. The molecular weight excluding hydrogens is 288 g/mol. The molecule has 0 amide bonds. The lowest BCUT2D eigenvalue weighted by atomic mass is 10.2. The van der Waals surface area contributed by atoms with E-state index in [4.69, 9.17) is 11.6 Å². The number of hydrogen-bond donors (Lipinski definition) is 0. The van der Waals surface area contributed by atoms with Gasteiger partial charge in [-0.3, -0.25) is 14.3 Å². The smallest absolute Gasteiger partial charge is 0.261 e. The van der Waals surface area contributed by atoms with E-state index in [2.05, 4.69) is 28.9 Å². The molecule has 2 aromatic rings. The van der Waals surface area contributed by atoms with Crippen molar-refractivity contribution in [1.82, 2.24) is 19.4 Å². The second kappa shape index (κ2) is 5.75. The van der Waals surface area contributed by atoms with Crippen LogP contribution in [0.25, 0.3) is 10.9 Å². The quantitative estimate of drug-likeness (QED) is 0.838. The van der Waals surface area contributed by atoms with Crippen LogP contribution >= 0.6 is 11.6 Å². The summed E-state index contributed by atoms with van der Waals surface area (Å²) in [5.74, 6) is 0. The van der Waals surface area contributed by atoms with Crippen molar-refractivity contribution in [3.05, 3.63) is 39.9 Å². The molecule has 1 aromatic heterocycles. The van der Waals surface area contributed by atoms with Crippen molar-refractivity contribution in [2.24, 2.45) is 0 Å². The van der Waals surface area contributed by atoms with Gasteiger partial charge in [0, 0.05) is 32.2 Å². The molecule has 2 heterocycles. The molecule has 21 heavy (non-hydrogen) atoms. The fourth-order valence-electron chi connectivity index (χ4n) is 2.81. The first-order chi connectivity index (χ1) is 10.1. The number of likely N-dealkylation sites (N-methyl/N-ethyl adjacent to an activating group) is 2. The topological polar surface area (TPSA) is 41.4 Å². The number of aromatic nitrogens is 2. The number of halogens is 1. The van der Waals surface area contributed by atoms with E-state index in [9.17, 15) is 4.79 Å². The van der Waals surface area contributed by atoms with Gasteiger partial charge in [-0.2, -0.15) is 0 Å². The third-order valence-electron chi connectivity index (χ3n) is 4.19. The Morgan fingerprint density at radius 2 is 2.14 bits per heavy atom. The Bertz CT molecular complexity index is 714. The maximum atomic E-state index is 12.6. The van der Waals surface area contributed by atoms with Crippen LogP contribution in [0, 0.1) is 0 Å². The largest absolute Gasteiger partial charge is 0.303 e. The molecule has 0 radical (unpaired) electrons. The van der Waals surface area contributed by atoms with E-state index in [0.29, 0.717) is 28.5 Å². The van der Waals surface area contributed by atoms with Crippen molar-refractivity contribution in [3.8, 4) is 0 Å². The number of rotatable bonds is 2. The molecular formula is C15H19ClN4O. The maximum absolute atomic E-state index is 12.6. The lowest BCUT2D eigenvalue weighted by molar-refractivity contribution is 0.102. The van der Waals surface area contributed by atoms with Crippen LogP contribution in [-0.4, -0.2) is 59.1 Å². The van der Waals surface area contributed by atoms with E-state index in [1.165, 1.54) is 0 Å². The van der Waals surface area contributed by atoms with Crippen molar-refractivity contribution in [1.29, 1.82) is 0 Å². The molecule has 1 aliphatic heterocycles. The number of para-hydroxylation sites is 1. The van der Waals surface area contributed by atoms with Crippen molar-refractivity contribution < 1.29 is 0 Å². The van der Waals surface area contributed by atoms with Crippen LogP contribution in [0.1, 0.15) is 0 Å². The molecule has 1 fully saturated rings. The third kappa shape index (κ3) is 2.81. The summed E-state index contributed by atoms with van der Waals surface area (Å²) in [4.78, 5) is 21.5. The van der Waals surface area contributed by atoms with Crippen molar-refractivity contribution in [3.63, 3.8) is 0 Å². The lowest BCUT2D eigenvalue weighted by Crippen LogP contribution is -2.52. The van der Waals surface area contributed by atoms with Gasteiger partial charge in [0.1, 0.15) is 0 Å². The Morgan fingerprint density at radius 1 is 1.33 bits per heavy atom.